The zero-order chi connectivity index (χ0) is 18.7. The third-order valence-corrected chi connectivity index (χ3v) is 6.65. The zero-order valence-corrected chi connectivity index (χ0v) is 16.6. The van der Waals surface area contributed by atoms with Gasteiger partial charge in [0, 0.05) is 10.6 Å². The number of hydrazone groups is 1. The van der Waals surface area contributed by atoms with Crippen LogP contribution in [0.3, 0.4) is 0 Å². The summed E-state index contributed by atoms with van der Waals surface area (Å²) in [5.41, 5.74) is 3.26. The van der Waals surface area contributed by atoms with Crippen LogP contribution in [-0.2, 0) is 9.84 Å². The van der Waals surface area contributed by atoms with Gasteiger partial charge in [0.25, 0.3) is 0 Å². The minimum absolute atomic E-state index is 0.140. The topological polar surface area (TPSA) is 83.7 Å². The predicted octanol–water partition coefficient (Wildman–Crippen LogP) is 3.59. The summed E-state index contributed by atoms with van der Waals surface area (Å²) in [6.07, 6.45) is 2.60. The summed E-state index contributed by atoms with van der Waals surface area (Å²) < 4.78 is 29.2. The van der Waals surface area contributed by atoms with Crippen molar-refractivity contribution in [3.8, 4) is 11.3 Å². The van der Waals surface area contributed by atoms with Crippen LogP contribution in [0, 0.1) is 0 Å². The van der Waals surface area contributed by atoms with E-state index in [-0.39, 0.29) is 10.9 Å². The van der Waals surface area contributed by atoms with Crippen LogP contribution in [0.15, 0.2) is 39.9 Å². The van der Waals surface area contributed by atoms with Crippen molar-refractivity contribution in [3.63, 3.8) is 0 Å². The lowest BCUT2D eigenvalue weighted by atomic mass is 10.2. The summed E-state index contributed by atoms with van der Waals surface area (Å²) in [5.74, 6) is 1.20. The van der Waals surface area contributed by atoms with Crippen molar-refractivity contribution < 1.29 is 12.8 Å². The maximum Gasteiger partial charge on any atom is 0.187 e. The van der Waals surface area contributed by atoms with Crippen LogP contribution in [-0.4, -0.2) is 30.9 Å². The van der Waals surface area contributed by atoms with E-state index in [2.05, 4.69) is 15.8 Å². The summed E-state index contributed by atoms with van der Waals surface area (Å²) in [4.78, 5) is 0. The highest BCUT2D eigenvalue weighted by Crippen LogP contribution is 2.31. The van der Waals surface area contributed by atoms with Crippen molar-refractivity contribution in [3.05, 3.63) is 46.1 Å². The summed E-state index contributed by atoms with van der Waals surface area (Å²) >= 11 is 17.2. The number of furan rings is 1. The molecule has 138 valence electrons. The molecule has 2 N–H and O–H groups in total. The molecule has 0 saturated carbocycles. The molecule has 1 aromatic carbocycles. The number of hydrogen-bond donors (Lipinski definition) is 2. The van der Waals surface area contributed by atoms with E-state index < -0.39 is 15.2 Å². The van der Waals surface area contributed by atoms with Gasteiger partial charge < -0.3 is 9.73 Å². The minimum atomic E-state index is -3.13. The molecular formula is C16H15Cl2N3O3S2. The van der Waals surface area contributed by atoms with E-state index in [1.54, 1.807) is 30.3 Å². The number of sulfone groups is 1. The number of thiocarbonyl (C=S) groups is 1. The van der Waals surface area contributed by atoms with Gasteiger partial charge in [-0.1, -0.05) is 23.2 Å². The SMILES string of the molecule is O=S1(=O)CCCC1NC(=S)N/N=C/c1ccc(-c2cc(Cl)ccc2Cl)o1. The molecule has 10 heteroatoms. The number of benzene rings is 1. The van der Waals surface area contributed by atoms with Crippen molar-refractivity contribution in [1.29, 1.82) is 0 Å². The van der Waals surface area contributed by atoms with Crippen LogP contribution in [0.25, 0.3) is 11.3 Å². The van der Waals surface area contributed by atoms with Crippen LogP contribution in [0.4, 0.5) is 0 Å². The Morgan fingerprint density at radius 1 is 1.31 bits per heavy atom. The zero-order valence-electron chi connectivity index (χ0n) is 13.4. The average Bonchev–Trinajstić information content (AvgIpc) is 3.17. The fourth-order valence-electron chi connectivity index (χ4n) is 2.54. The first-order valence-electron chi connectivity index (χ1n) is 7.71. The molecule has 1 unspecified atom stereocenters. The van der Waals surface area contributed by atoms with Gasteiger partial charge >= 0.3 is 0 Å². The minimum Gasteiger partial charge on any atom is -0.455 e. The van der Waals surface area contributed by atoms with Crippen molar-refractivity contribution in [2.24, 2.45) is 5.10 Å². The van der Waals surface area contributed by atoms with E-state index in [9.17, 15) is 8.42 Å². The maximum absolute atomic E-state index is 11.8. The van der Waals surface area contributed by atoms with Gasteiger partial charge in [-0.25, -0.2) is 8.42 Å². The highest BCUT2D eigenvalue weighted by molar-refractivity contribution is 7.92. The van der Waals surface area contributed by atoms with Gasteiger partial charge in [-0.15, -0.1) is 0 Å². The fraction of sp³-hybridized carbons (Fsp3) is 0.250. The lowest BCUT2D eigenvalue weighted by Gasteiger charge is -2.12. The molecule has 1 atom stereocenters. The summed E-state index contributed by atoms with van der Waals surface area (Å²) in [6, 6.07) is 8.57. The first-order valence-corrected chi connectivity index (χ1v) is 10.6. The standard InChI is InChI=1S/C16H15Cl2N3O3S2/c17-10-3-5-13(18)12(8-10)14-6-4-11(24-14)9-19-21-16(25)20-15-2-1-7-26(15,22)23/h3-6,8-9,15H,1-2,7H2,(H2,20,21,25)/b19-9+. The van der Waals surface area contributed by atoms with Crippen LogP contribution in [0.5, 0.6) is 0 Å². The van der Waals surface area contributed by atoms with Gasteiger partial charge in [0.2, 0.25) is 0 Å². The second kappa shape index (κ2) is 7.96. The molecule has 1 aliphatic rings. The summed E-state index contributed by atoms with van der Waals surface area (Å²) in [6.45, 7) is 0. The number of halogens is 2. The van der Waals surface area contributed by atoms with E-state index in [1.807, 2.05) is 0 Å². The molecule has 2 heterocycles. The Morgan fingerprint density at radius 2 is 2.12 bits per heavy atom. The lowest BCUT2D eigenvalue weighted by Crippen LogP contribution is -2.42. The molecule has 26 heavy (non-hydrogen) atoms. The quantitative estimate of drug-likeness (QED) is 0.437. The molecule has 1 aliphatic heterocycles. The van der Waals surface area contributed by atoms with E-state index in [1.165, 1.54) is 6.21 Å². The van der Waals surface area contributed by atoms with Crippen LogP contribution in [0.1, 0.15) is 18.6 Å². The van der Waals surface area contributed by atoms with Gasteiger partial charge in [0.1, 0.15) is 16.9 Å². The third kappa shape index (κ3) is 4.56. The number of nitrogens with one attached hydrogen (secondary N) is 2. The van der Waals surface area contributed by atoms with E-state index >= 15 is 0 Å². The Hall–Kier alpha value is -1.61. The first-order chi connectivity index (χ1) is 12.3. The Balaban J connectivity index is 1.60. The van der Waals surface area contributed by atoms with E-state index in [0.29, 0.717) is 40.0 Å². The average molecular weight is 432 g/mol. The Labute approximate surface area is 166 Å². The molecular weight excluding hydrogens is 417 g/mol. The largest absolute Gasteiger partial charge is 0.455 e. The highest BCUT2D eigenvalue weighted by atomic mass is 35.5. The van der Waals surface area contributed by atoms with Gasteiger partial charge in [0.05, 0.1) is 17.0 Å². The highest BCUT2D eigenvalue weighted by Gasteiger charge is 2.31. The molecule has 1 fully saturated rings. The van der Waals surface area contributed by atoms with E-state index in [0.717, 1.165) is 0 Å². The molecule has 2 aromatic rings. The molecule has 1 aromatic heterocycles. The molecule has 0 radical (unpaired) electrons. The molecule has 3 rings (SSSR count). The smallest absolute Gasteiger partial charge is 0.187 e. The van der Waals surface area contributed by atoms with Crippen molar-refractivity contribution >= 4 is 56.6 Å². The van der Waals surface area contributed by atoms with Crippen molar-refractivity contribution in [2.45, 2.75) is 18.2 Å². The number of hydrogen-bond acceptors (Lipinski definition) is 5. The summed E-state index contributed by atoms with van der Waals surface area (Å²) in [5, 5.41) is 7.27. The normalized spacial score (nSPS) is 18.9. The van der Waals surface area contributed by atoms with Gasteiger partial charge in [0.15, 0.2) is 14.9 Å². The molecule has 1 saturated heterocycles. The van der Waals surface area contributed by atoms with Crippen LogP contribution >= 0.6 is 35.4 Å². The predicted molar refractivity (Wildman–Crippen MR) is 107 cm³/mol. The second-order valence-corrected chi connectivity index (χ2v) is 9.22. The molecule has 0 bridgehead atoms. The van der Waals surface area contributed by atoms with E-state index in [4.69, 9.17) is 39.8 Å². The van der Waals surface area contributed by atoms with Gasteiger partial charge in [-0.05, 0) is 55.4 Å². The number of rotatable bonds is 4. The Kier molecular flexibility index (Phi) is 5.86. The molecule has 0 spiro atoms. The third-order valence-electron chi connectivity index (χ3n) is 3.80. The van der Waals surface area contributed by atoms with Crippen LogP contribution in [0.2, 0.25) is 10.0 Å². The molecule has 6 nitrogen and oxygen atoms in total. The van der Waals surface area contributed by atoms with Crippen LogP contribution < -0.4 is 10.7 Å². The van der Waals surface area contributed by atoms with Gasteiger partial charge in [-0.2, -0.15) is 5.10 Å². The first kappa shape index (κ1) is 19.2. The lowest BCUT2D eigenvalue weighted by molar-refractivity contribution is 0.574. The second-order valence-electron chi connectivity index (χ2n) is 5.67. The maximum atomic E-state index is 11.8. The Morgan fingerprint density at radius 3 is 2.85 bits per heavy atom. The Bertz CT molecular complexity index is 957. The fourth-order valence-corrected chi connectivity index (χ4v) is 4.87. The monoisotopic (exact) mass is 431 g/mol. The summed E-state index contributed by atoms with van der Waals surface area (Å²) in [7, 11) is -3.13. The van der Waals surface area contributed by atoms with Gasteiger partial charge in [-0.3, -0.25) is 5.43 Å². The molecule has 0 amide bonds. The van der Waals surface area contributed by atoms with Crippen molar-refractivity contribution in [2.75, 3.05) is 5.75 Å². The number of nitrogens with zero attached hydrogens (tertiary/aromatic N) is 1. The van der Waals surface area contributed by atoms with Crippen molar-refractivity contribution in [1.82, 2.24) is 10.7 Å². The molecule has 0 aliphatic carbocycles.